The largest absolute Gasteiger partial charge is 0.515 e. The number of benzene rings is 1. The lowest BCUT2D eigenvalue weighted by Gasteiger charge is -2.20. The number of fused-ring (bicyclic) bond motifs is 1. The van der Waals surface area contributed by atoms with E-state index in [2.05, 4.69) is 10.3 Å². The lowest BCUT2D eigenvalue weighted by molar-refractivity contribution is 0.0982. The Morgan fingerprint density at radius 2 is 1.92 bits per heavy atom. The van der Waals surface area contributed by atoms with E-state index in [-0.39, 0.29) is 48.5 Å². The Morgan fingerprint density at radius 3 is 2.50 bits per heavy atom. The molecule has 144 valence electrons. The van der Waals surface area contributed by atoms with Crippen molar-refractivity contribution in [1.29, 1.82) is 0 Å². The SMILES string of the molecule is CCOC(=O)Oc1[nH]c2c(O)ccc(C(=O)CNC(C)(C)C)c2c1C.Cl. The molecular weight excluding hydrogens is 360 g/mol. The van der Waals surface area contributed by atoms with E-state index in [9.17, 15) is 14.7 Å². The number of aromatic amines is 1. The number of ether oxygens (including phenoxy) is 2. The van der Waals surface area contributed by atoms with Gasteiger partial charge in [-0.15, -0.1) is 12.4 Å². The van der Waals surface area contributed by atoms with Crippen molar-refractivity contribution in [1.82, 2.24) is 10.3 Å². The Bertz CT molecular complexity index is 808. The van der Waals surface area contributed by atoms with E-state index in [0.29, 0.717) is 22.0 Å². The number of nitrogens with one attached hydrogen (secondary N) is 2. The van der Waals surface area contributed by atoms with Gasteiger partial charge in [-0.05, 0) is 46.8 Å². The van der Waals surface area contributed by atoms with Crippen LogP contribution in [-0.2, 0) is 4.74 Å². The number of aromatic hydroxyl groups is 1. The third-order valence-corrected chi connectivity index (χ3v) is 3.66. The van der Waals surface area contributed by atoms with Gasteiger partial charge in [0.2, 0.25) is 5.88 Å². The minimum atomic E-state index is -0.848. The first-order chi connectivity index (χ1) is 11.6. The molecular formula is C18H25ClN2O5. The maximum absolute atomic E-state index is 12.6. The van der Waals surface area contributed by atoms with E-state index in [1.165, 1.54) is 6.07 Å². The minimum absolute atomic E-state index is 0. The summed E-state index contributed by atoms with van der Waals surface area (Å²) in [4.78, 5) is 27.0. The zero-order chi connectivity index (χ0) is 18.8. The number of hydrogen-bond acceptors (Lipinski definition) is 6. The van der Waals surface area contributed by atoms with Crippen LogP contribution >= 0.6 is 12.4 Å². The second-order valence-corrected chi connectivity index (χ2v) is 6.77. The Morgan fingerprint density at radius 1 is 1.27 bits per heavy atom. The van der Waals surface area contributed by atoms with Crippen LogP contribution in [0, 0.1) is 6.92 Å². The number of halogens is 1. The number of phenolic OH excluding ortho intramolecular Hbond substituents is 1. The fraction of sp³-hybridized carbons (Fsp3) is 0.444. The molecule has 0 radical (unpaired) electrons. The van der Waals surface area contributed by atoms with E-state index in [1.54, 1.807) is 19.9 Å². The van der Waals surface area contributed by atoms with Gasteiger partial charge in [0.15, 0.2) is 5.78 Å². The molecule has 0 saturated carbocycles. The average Bonchev–Trinajstić information content (AvgIpc) is 2.83. The highest BCUT2D eigenvalue weighted by molar-refractivity contribution is 6.11. The summed E-state index contributed by atoms with van der Waals surface area (Å²) >= 11 is 0. The van der Waals surface area contributed by atoms with Gasteiger partial charge in [0.05, 0.1) is 18.7 Å². The molecule has 0 bridgehead atoms. The number of aryl methyl sites for hydroxylation is 1. The van der Waals surface area contributed by atoms with Crippen molar-refractivity contribution in [3.05, 3.63) is 23.3 Å². The molecule has 26 heavy (non-hydrogen) atoms. The number of phenols is 1. The van der Waals surface area contributed by atoms with E-state index in [4.69, 9.17) is 9.47 Å². The summed E-state index contributed by atoms with van der Waals surface area (Å²) in [6.07, 6.45) is -0.848. The van der Waals surface area contributed by atoms with Gasteiger partial charge in [-0.2, -0.15) is 0 Å². The Kier molecular flexibility index (Phi) is 7.06. The number of aromatic nitrogens is 1. The van der Waals surface area contributed by atoms with Crippen LogP contribution in [0.5, 0.6) is 11.6 Å². The predicted molar refractivity (Wildman–Crippen MR) is 102 cm³/mol. The monoisotopic (exact) mass is 384 g/mol. The number of Topliss-reactive ketones (excluding diaryl/α,β-unsaturated/α-hetero) is 1. The minimum Gasteiger partial charge on any atom is -0.506 e. The standard InChI is InChI=1S/C18H24N2O5.ClH/c1-6-24-17(23)25-16-10(2)14-11(7-8-12(21)15(14)20-16)13(22)9-19-18(3,4)5;/h7-8,19-21H,6,9H2,1-5H3;1H. The first-order valence-electron chi connectivity index (χ1n) is 8.11. The second-order valence-electron chi connectivity index (χ2n) is 6.77. The van der Waals surface area contributed by atoms with E-state index >= 15 is 0 Å². The summed E-state index contributed by atoms with van der Waals surface area (Å²) in [6, 6.07) is 3.01. The van der Waals surface area contributed by atoms with Crippen molar-refractivity contribution in [2.75, 3.05) is 13.2 Å². The molecule has 1 aromatic heterocycles. The number of hydrogen-bond donors (Lipinski definition) is 3. The second kappa shape index (κ2) is 8.42. The molecule has 8 heteroatoms. The van der Waals surface area contributed by atoms with Crippen molar-refractivity contribution in [2.24, 2.45) is 0 Å². The Labute approximate surface area is 158 Å². The quantitative estimate of drug-likeness (QED) is 0.536. The van der Waals surface area contributed by atoms with Crippen molar-refractivity contribution in [2.45, 2.75) is 40.2 Å². The van der Waals surface area contributed by atoms with Gasteiger partial charge < -0.3 is 24.9 Å². The smallest absolute Gasteiger partial charge is 0.506 e. The molecule has 2 rings (SSSR count). The van der Waals surface area contributed by atoms with Crippen LogP contribution in [0.1, 0.15) is 43.6 Å². The maximum Gasteiger partial charge on any atom is 0.515 e. The van der Waals surface area contributed by atoms with Crippen molar-refractivity contribution in [3.63, 3.8) is 0 Å². The molecule has 0 saturated heterocycles. The van der Waals surface area contributed by atoms with Crippen LogP contribution in [0.2, 0.25) is 0 Å². The summed E-state index contributed by atoms with van der Waals surface area (Å²) in [5.74, 6) is -0.00497. The lowest BCUT2D eigenvalue weighted by Crippen LogP contribution is -2.39. The van der Waals surface area contributed by atoms with Crippen LogP contribution in [0.15, 0.2) is 12.1 Å². The van der Waals surface area contributed by atoms with Gasteiger partial charge in [-0.3, -0.25) is 4.79 Å². The number of carbonyl (C=O) groups excluding carboxylic acids is 2. The molecule has 0 aliphatic carbocycles. The van der Waals surface area contributed by atoms with Gasteiger partial charge in [0.1, 0.15) is 5.75 Å². The summed E-state index contributed by atoms with van der Waals surface area (Å²) in [5.41, 5.74) is 1.14. The molecule has 3 N–H and O–H groups in total. The molecule has 1 aromatic carbocycles. The highest BCUT2D eigenvalue weighted by atomic mass is 35.5. The molecule has 0 atom stereocenters. The number of ketones is 1. The molecule has 0 spiro atoms. The van der Waals surface area contributed by atoms with Crippen LogP contribution < -0.4 is 10.1 Å². The van der Waals surface area contributed by atoms with E-state index < -0.39 is 6.16 Å². The molecule has 2 aromatic rings. The van der Waals surface area contributed by atoms with Gasteiger partial charge >= 0.3 is 6.16 Å². The number of H-pyrrole nitrogens is 1. The average molecular weight is 385 g/mol. The number of rotatable bonds is 5. The van der Waals surface area contributed by atoms with Gasteiger partial charge in [-0.1, -0.05) is 0 Å². The third kappa shape index (κ3) is 4.89. The summed E-state index contributed by atoms with van der Waals surface area (Å²) < 4.78 is 9.88. The highest BCUT2D eigenvalue weighted by Crippen LogP contribution is 2.35. The topological polar surface area (TPSA) is 101 Å². The zero-order valence-corrected chi connectivity index (χ0v) is 16.4. The van der Waals surface area contributed by atoms with Crippen LogP contribution in [-0.4, -0.2) is 40.7 Å². The van der Waals surface area contributed by atoms with Crippen LogP contribution in [0.25, 0.3) is 10.9 Å². The molecule has 0 amide bonds. The Hall–Kier alpha value is -2.25. The molecule has 0 aliphatic rings. The number of carbonyl (C=O) groups is 2. The van der Waals surface area contributed by atoms with Gasteiger partial charge in [0.25, 0.3) is 0 Å². The van der Waals surface area contributed by atoms with Gasteiger partial charge in [-0.25, -0.2) is 4.79 Å². The van der Waals surface area contributed by atoms with Crippen LogP contribution in [0.3, 0.4) is 0 Å². The van der Waals surface area contributed by atoms with Crippen molar-refractivity contribution in [3.8, 4) is 11.6 Å². The lowest BCUT2D eigenvalue weighted by atomic mass is 10.0. The normalized spacial score (nSPS) is 11.1. The summed E-state index contributed by atoms with van der Waals surface area (Å²) in [7, 11) is 0. The molecule has 7 nitrogen and oxygen atoms in total. The summed E-state index contributed by atoms with van der Waals surface area (Å²) in [6.45, 7) is 9.64. The third-order valence-electron chi connectivity index (χ3n) is 3.66. The summed E-state index contributed by atoms with van der Waals surface area (Å²) in [5, 5.41) is 13.8. The molecule has 1 heterocycles. The van der Waals surface area contributed by atoms with E-state index in [0.717, 1.165) is 0 Å². The first kappa shape index (κ1) is 21.8. The molecule has 0 aliphatic heterocycles. The van der Waals surface area contributed by atoms with E-state index in [1.807, 2.05) is 20.8 Å². The Balaban J connectivity index is 0.00000338. The zero-order valence-electron chi connectivity index (χ0n) is 15.6. The molecule has 0 unspecified atom stereocenters. The van der Waals surface area contributed by atoms with Crippen molar-refractivity contribution < 1.29 is 24.2 Å². The highest BCUT2D eigenvalue weighted by Gasteiger charge is 2.22. The van der Waals surface area contributed by atoms with Crippen LogP contribution in [0.4, 0.5) is 4.79 Å². The van der Waals surface area contributed by atoms with Gasteiger partial charge in [0, 0.05) is 22.1 Å². The fourth-order valence-corrected chi connectivity index (χ4v) is 2.43. The van der Waals surface area contributed by atoms with Crippen molar-refractivity contribution >= 4 is 35.2 Å². The first-order valence-corrected chi connectivity index (χ1v) is 8.11. The fourth-order valence-electron chi connectivity index (χ4n) is 2.43. The molecule has 0 fully saturated rings. The maximum atomic E-state index is 12.6. The predicted octanol–water partition coefficient (Wildman–Crippen LogP) is 3.71.